The van der Waals surface area contributed by atoms with E-state index in [1.807, 2.05) is 18.2 Å². The first-order chi connectivity index (χ1) is 11.3. The summed E-state index contributed by atoms with van der Waals surface area (Å²) in [5.74, 6) is 2.47. The number of nitrogens with zero attached hydrogens (tertiary/aromatic N) is 2. The molecule has 1 N–H and O–H groups in total. The highest BCUT2D eigenvalue weighted by molar-refractivity contribution is 7.18. The van der Waals surface area contributed by atoms with E-state index in [0.29, 0.717) is 6.04 Å². The number of thiophene rings is 1. The predicted octanol–water partition coefficient (Wildman–Crippen LogP) is 3.95. The number of ether oxygens (including phenoxy) is 2. The van der Waals surface area contributed by atoms with E-state index in [1.54, 1.807) is 31.9 Å². The van der Waals surface area contributed by atoms with Gasteiger partial charge in [0.1, 0.15) is 23.6 Å². The van der Waals surface area contributed by atoms with Gasteiger partial charge in [-0.3, -0.25) is 0 Å². The molecular formula is C17H17N3O2S. The molecule has 1 aliphatic carbocycles. The number of hydrogen-bond donors (Lipinski definition) is 1. The van der Waals surface area contributed by atoms with Crippen LogP contribution in [0.1, 0.15) is 12.8 Å². The molecule has 0 saturated heterocycles. The van der Waals surface area contributed by atoms with Crippen LogP contribution in [0.3, 0.4) is 0 Å². The van der Waals surface area contributed by atoms with E-state index in [1.165, 1.54) is 12.8 Å². The Labute approximate surface area is 138 Å². The largest absolute Gasteiger partial charge is 0.497 e. The normalized spacial score (nSPS) is 14.0. The summed E-state index contributed by atoms with van der Waals surface area (Å²) in [6.45, 7) is 0. The van der Waals surface area contributed by atoms with Gasteiger partial charge in [-0.2, -0.15) is 0 Å². The van der Waals surface area contributed by atoms with Crippen molar-refractivity contribution in [1.29, 1.82) is 0 Å². The van der Waals surface area contributed by atoms with Gasteiger partial charge in [0.25, 0.3) is 0 Å². The zero-order valence-electron chi connectivity index (χ0n) is 13.0. The smallest absolute Gasteiger partial charge is 0.147 e. The molecule has 0 amide bonds. The van der Waals surface area contributed by atoms with Crippen molar-refractivity contribution in [2.45, 2.75) is 18.9 Å². The van der Waals surface area contributed by atoms with E-state index in [9.17, 15) is 0 Å². The molecule has 118 valence electrons. The Hall–Kier alpha value is -2.34. The molecule has 0 bridgehead atoms. The highest BCUT2D eigenvalue weighted by atomic mass is 32.1. The first-order valence-corrected chi connectivity index (χ1v) is 8.38. The van der Waals surface area contributed by atoms with Crippen LogP contribution in [0.25, 0.3) is 21.3 Å². The highest BCUT2D eigenvalue weighted by Gasteiger charge is 2.23. The molecule has 23 heavy (non-hydrogen) atoms. The lowest BCUT2D eigenvalue weighted by Crippen LogP contribution is -2.03. The Bertz CT molecular complexity index is 836. The standard InChI is InChI=1S/C17H17N3O2S/c1-21-12-5-10(6-13(7-12)22-2)14-8-23-16-15(14)18-9-19-17(16)20-11-3-4-11/h5-9,11H,3-4H2,1-2H3,(H,18,19,20). The second-order valence-corrected chi connectivity index (χ2v) is 6.45. The molecule has 0 radical (unpaired) electrons. The number of hydrogen-bond acceptors (Lipinski definition) is 6. The molecule has 0 spiro atoms. The molecule has 2 aromatic heterocycles. The monoisotopic (exact) mass is 327 g/mol. The summed E-state index contributed by atoms with van der Waals surface area (Å²) in [6, 6.07) is 6.43. The van der Waals surface area contributed by atoms with Gasteiger partial charge in [-0.25, -0.2) is 9.97 Å². The van der Waals surface area contributed by atoms with Crippen LogP contribution in [0, 0.1) is 0 Å². The van der Waals surface area contributed by atoms with Crippen LogP contribution in [0.2, 0.25) is 0 Å². The minimum Gasteiger partial charge on any atom is -0.497 e. The van der Waals surface area contributed by atoms with E-state index in [4.69, 9.17) is 9.47 Å². The number of benzene rings is 1. The third-order valence-corrected chi connectivity index (χ3v) is 4.91. The van der Waals surface area contributed by atoms with Crippen molar-refractivity contribution < 1.29 is 9.47 Å². The van der Waals surface area contributed by atoms with Crippen LogP contribution in [0.15, 0.2) is 29.9 Å². The van der Waals surface area contributed by atoms with Crippen LogP contribution in [-0.4, -0.2) is 30.2 Å². The first kappa shape index (κ1) is 14.3. The lowest BCUT2D eigenvalue weighted by atomic mass is 10.1. The van der Waals surface area contributed by atoms with E-state index in [2.05, 4.69) is 20.7 Å². The highest BCUT2D eigenvalue weighted by Crippen LogP contribution is 2.39. The van der Waals surface area contributed by atoms with Gasteiger partial charge < -0.3 is 14.8 Å². The molecule has 3 aromatic rings. The molecule has 0 unspecified atom stereocenters. The minimum atomic E-state index is 0.565. The lowest BCUT2D eigenvalue weighted by Gasteiger charge is -2.08. The summed E-state index contributed by atoms with van der Waals surface area (Å²) in [5, 5.41) is 5.60. The maximum absolute atomic E-state index is 5.37. The van der Waals surface area contributed by atoms with Gasteiger partial charge >= 0.3 is 0 Å². The zero-order valence-corrected chi connectivity index (χ0v) is 13.8. The van der Waals surface area contributed by atoms with Crippen LogP contribution in [0.4, 0.5) is 5.82 Å². The van der Waals surface area contributed by atoms with Gasteiger partial charge in [-0.05, 0) is 30.5 Å². The fraction of sp³-hybridized carbons (Fsp3) is 0.294. The molecule has 1 aromatic carbocycles. The average molecular weight is 327 g/mol. The summed E-state index contributed by atoms with van der Waals surface area (Å²) in [5.41, 5.74) is 3.07. The van der Waals surface area contributed by atoms with Gasteiger partial charge in [0.2, 0.25) is 0 Å². The van der Waals surface area contributed by atoms with E-state index in [0.717, 1.165) is 38.7 Å². The molecule has 2 heterocycles. The van der Waals surface area contributed by atoms with E-state index in [-0.39, 0.29) is 0 Å². The summed E-state index contributed by atoms with van der Waals surface area (Å²) in [6.07, 6.45) is 4.06. The Morgan fingerprint density at radius 2 is 1.83 bits per heavy atom. The summed E-state index contributed by atoms with van der Waals surface area (Å²) >= 11 is 1.66. The summed E-state index contributed by atoms with van der Waals surface area (Å²) < 4.78 is 11.8. The SMILES string of the molecule is COc1cc(OC)cc(-c2csc3c(NC4CC4)ncnc23)c1. The predicted molar refractivity (Wildman–Crippen MR) is 92.6 cm³/mol. The molecular weight excluding hydrogens is 310 g/mol. The van der Waals surface area contributed by atoms with Crippen molar-refractivity contribution in [1.82, 2.24) is 9.97 Å². The Morgan fingerprint density at radius 3 is 2.48 bits per heavy atom. The number of anilines is 1. The molecule has 1 saturated carbocycles. The van der Waals surface area contributed by atoms with Gasteiger partial charge in [0.05, 0.1) is 24.4 Å². The van der Waals surface area contributed by atoms with Gasteiger partial charge in [0, 0.05) is 23.1 Å². The van der Waals surface area contributed by atoms with Crippen LogP contribution in [0.5, 0.6) is 11.5 Å². The number of aromatic nitrogens is 2. The van der Waals surface area contributed by atoms with E-state index < -0.39 is 0 Å². The maximum atomic E-state index is 5.37. The molecule has 4 rings (SSSR count). The molecule has 0 atom stereocenters. The fourth-order valence-electron chi connectivity index (χ4n) is 2.54. The Kier molecular flexibility index (Phi) is 3.53. The van der Waals surface area contributed by atoms with Crippen molar-refractivity contribution in [2.24, 2.45) is 0 Å². The number of fused-ring (bicyclic) bond motifs is 1. The maximum Gasteiger partial charge on any atom is 0.147 e. The van der Waals surface area contributed by atoms with Crippen LogP contribution >= 0.6 is 11.3 Å². The first-order valence-electron chi connectivity index (χ1n) is 7.50. The molecule has 5 nitrogen and oxygen atoms in total. The van der Waals surface area contributed by atoms with E-state index >= 15 is 0 Å². The van der Waals surface area contributed by atoms with Gasteiger partial charge in [-0.15, -0.1) is 11.3 Å². The number of rotatable bonds is 5. The minimum absolute atomic E-state index is 0.565. The lowest BCUT2D eigenvalue weighted by molar-refractivity contribution is 0.394. The summed E-state index contributed by atoms with van der Waals surface area (Å²) in [7, 11) is 3.31. The number of nitrogens with one attached hydrogen (secondary N) is 1. The van der Waals surface area contributed by atoms with Crippen molar-refractivity contribution >= 4 is 27.4 Å². The Morgan fingerprint density at radius 1 is 1.09 bits per heavy atom. The average Bonchev–Trinajstić information content (AvgIpc) is 3.30. The molecule has 0 aliphatic heterocycles. The van der Waals surface area contributed by atoms with Crippen molar-refractivity contribution in [3.8, 4) is 22.6 Å². The fourth-order valence-corrected chi connectivity index (χ4v) is 3.52. The zero-order chi connectivity index (χ0) is 15.8. The second kappa shape index (κ2) is 5.70. The molecule has 6 heteroatoms. The summed E-state index contributed by atoms with van der Waals surface area (Å²) in [4.78, 5) is 8.89. The second-order valence-electron chi connectivity index (χ2n) is 5.57. The topological polar surface area (TPSA) is 56.3 Å². The van der Waals surface area contributed by atoms with Crippen LogP contribution in [-0.2, 0) is 0 Å². The van der Waals surface area contributed by atoms with Crippen molar-refractivity contribution in [2.75, 3.05) is 19.5 Å². The third kappa shape index (κ3) is 2.70. The Balaban J connectivity index is 1.82. The number of methoxy groups -OCH3 is 2. The third-order valence-electron chi connectivity index (χ3n) is 3.93. The van der Waals surface area contributed by atoms with Gasteiger partial charge in [-0.1, -0.05) is 0 Å². The van der Waals surface area contributed by atoms with Crippen molar-refractivity contribution in [3.63, 3.8) is 0 Å². The molecule has 1 fully saturated rings. The molecule has 1 aliphatic rings. The van der Waals surface area contributed by atoms with Crippen molar-refractivity contribution in [3.05, 3.63) is 29.9 Å². The van der Waals surface area contributed by atoms with Crippen LogP contribution < -0.4 is 14.8 Å². The van der Waals surface area contributed by atoms with Gasteiger partial charge in [0.15, 0.2) is 0 Å². The quantitative estimate of drug-likeness (QED) is 0.769.